The Hall–Kier alpha value is -4.02. The van der Waals surface area contributed by atoms with Gasteiger partial charge in [-0.3, -0.25) is 9.59 Å². The van der Waals surface area contributed by atoms with Crippen LogP contribution in [0.1, 0.15) is 36.0 Å². The molecule has 0 radical (unpaired) electrons. The fraction of sp³-hybridized carbons (Fsp3) is 0.375. The van der Waals surface area contributed by atoms with Crippen molar-refractivity contribution in [2.45, 2.75) is 31.7 Å². The largest absolute Gasteiger partial charge is 0.481 e. The summed E-state index contributed by atoms with van der Waals surface area (Å²) in [6, 6.07) is 2.76. The number of hydrogen-bond donors (Lipinski definition) is 4. The molecule has 11 heteroatoms. The van der Waals surface area contributed by atoms with Crippen molar-refractivity contribution in [1.29, 1.82) is 0 Å². The van der Waals surface area contributed by atoms with Gasteiger partial charge < -0.3 is 20.7 Å². The van der Waals surface area contributed by atoms with Crippen molar-refractivity contribution in [2.24, 2.45) is 17.8 Å². The van der Waals surface area contributed by atoms with Gasteiger partial charge in [-0.15, -0.1) is 5.10 Å². The molecular formula is C24H24FN7O3. The van der Waals surface area contributed by atoms with E-state index >= 15 is 0 Å². The predicted molar refractivity (Wildman–Crippen MR) is 125 cm³/mol. The van der Waals surface area contributed by atoms with E-state index in [0.717, 1.165) is 31.9 Å². The highest BCUT2D eigenvalue weighted by Gasteiger charge is 2.47. The maximum atomic E-state index is 14.0. The average Bonchev–Trinajstić information content (AvgIpc) is 3.48. The molecule has 10 nitrogen and oxygen atoms in total. The number of carbonyl (C=O) groups excluding carboxylic acids is 1. The molecule has 3 aliphatic rings. The summed E-state index contributed by atoms with van der Waals surface area (Å²) in [6.45, 7) is 0. The molecule has 2 bridgehead atoms. The lowest BCUT2D eigenvalue weighted by Crippen LogP contribution is -2.51. The summed E-state index contributed by atoms with van der Waals surface area (Å²) in [5.41, 5.74) is 2.00. The van der Waals surface area contributed by atoms with Gasteiger partial charge in [-0.1, -0.05) is 0 Å². The molecule has 2 atom stereocenters. The average molecular weight is 478 g/mol. The van der Waals surface area contributed by atoms with E-state index in [9.17, 15) is 19.1 Å². The number of nitrogens with one attached hydrogen (secondary N) is 3. The van der Waals surface area contributed by atoms with Gasteiger partial charge in [0.15, 0.2) is 11.6 Å². The number of carboxylic acid groups (broad SMARTS) is 1. The van der Waals surface area contributed by atoms with Crippen LogP contribution in [-0.2, 0) is 4.79 Å². The van der Waals surface area contributed by atoms with Gasteiger partial charge in [0, 0.05) is 36.4 Å². The van der Waals surface area contributed by atoms with E-state index in [2.05, 4.69) is 25.7 Å². The Labute approximate surface area is 199 Å². The maximum absolute atomic E-state index is 14.0. The lowest BCUT2D eigenvalue weighted by atomic mass is 9.61. The molecule has 3 aliphatic carbocycles. The highest BCUT2D eigenvalue weighted by atomic mass is 19.1. The minimum absolute atomic E-state index is 0.128. The fourth-order valence-electron chi connectivity index (χ4n) is 5.82. The second-order valence-electron chi connectivity index (χ2n) is 9.38. The minimum atomic E-state index is -0.804. The number of hydrogen-bond acceptors (Lipinski definition) is 6. The van der Waals surface area contributed by atoms with Crippen LogP contribution < -0.4 is 10.6 Å². The molecule has 180 valence electrons. The van der Waals surface area contributed by atoms with Crippen molar-refractivity contribution < 1.29 is 19.1 Å². The molecule has 0 unspecified atom stereocenters. The summed E-state index contributed by atoms with van der Waals surface area (Å²) < 4.78 is 15.5. The van der Waals surface area contributed by atoms with Crippen LogP contribution in [0.4, 0.5) is 10.2 Å². The molecule has 4 aromatic heterocycles. The van der Waals surface area contributed by atoms with Gasteiger partial charge in [0.2, 0.25) is 0 Å². The van der Waals surface area contributed by atoms with E-state index in [0.29, 0.717) is 39.3 Å². The Morgan fingerprint density at radius 2 is 1.97 bits per heavy atom. The van der Waals surface area contributed by atoms with Gasteiger partial charge in [-0.2, -0.15) is 0 Å². The van der Waals surface area contributed by atoms with Crippen molar-refractivity contribution in [3.8, 4) is 11.4 Å². The van der Waals surface area contributed by atoms with E-state index in [1.807, 2.05) is 0 Å². The molecular weight excluding hydrogens is 453 g/mol. The number of anilines is 1. The topological polar surface area (TPSA) is 137 Å². The van der Waals surface area contributed by atoms with Gasteiger partial charge in [-0.05, 0) is 49.7 Å². The van der Waals surface area contributed by atoms with Crippen LogP contribution in [0, 0.1) is 23.6 Å². The Bertz CT molecular complexity index is 1470. The van der Waals surface area contributed by atoms with E-state index in [-0.39, 0.29) is 23.8 Å². The third kappa shape index (κ3) is 3.49. The molecule has 0 saturated heterocycles. The summed E-state index contributed by atoms with van der Waals surface area (Å²) in [5, 5.41) is 21.2. The lowest BCUT2D eigenvalue weighted by Gasteiger charge is -2.47. The SMILES string of the molecule is CNC(=O)c1cc2c(N[C@H]3C4CCC(CC4)[C@@H]3C(=O)O)nc(-c3c[nH]c4ncc(F)cc34)nn2c1. The summed E-state index contributed by atoms with van der Waals surface area (Å²) in [7, 11) is 1.55. The monoisotopic (exact) mass is 477 g/mol. The first-order valence-corrected chi connectivity index (χ1v) is 11.7. The van der Waals surface area contributed by atoms with Gasteiger partial charge in [0.25, 0.3) is 5.91 Å². The Morgan fingerprint density at radius 3 is 2.71 bits per heavy atom. The van der Waals surface area contributed by atoms with E-state index in [1.165, 1.54) is 6.07 Å². The number of aromatic amines is 1. The molecule has 0 aromatic carbocycles. The Kier molecular flexibility index (Phi) is 4.94. The zero-order valence-corrected chi connectivity index (χ0v) is 19.0. The van der Waals surface area contributed by atoms with Gasteiger partial charge >= 0.3 is 5.97 Å². The van der Waals surface area contributed by atoms with Crippen LogP contribution in [0.2, 0.25) is 0 Å². The third-order valence-electron chi connectivity index (χ3n) is 7.50. The molecule has 0 spiro atoms. The number of carbonyl (C=O) groups is 2. The first kappa shape index (κ1) is 21.5. The smallest absolute Gasteiger partial charge is 0.308 e. The number of rotatable bonds is 5. The van der Waals surface area contributed by atoms with Crippen molar-refractivity contribution >= 4 is 34.2 Å². The Morgan fingerprint density at radius 1 is 1.20 bits per heavy atom. The molecule has 35 heavy (non-hydrogen) atoms. The van der Waals surface area contributed by atoms with Gasteiger partial charge in [0.05, 0.1) is 17.7 Å². The number of carboxylic acids is 1. The molecule has 4 aromatic rings. The van der Waals surface area contributed by atoms with E-state index in [4.69, 9.17) is 4.98 Å². The zero-order chi connectivity index (χ0) is 24.3. The third-order valence-corrected chi connectivity index (χ3v) is 7.50. The van der Waals surface area contributed by atoms with Crippen molar-refractivity contribution in [1.82, 2.24) is 29.9 Å². The van der Waals surface area contributed by atoms with Gasteiger partial charge in [-0.25, -0.2) is 18.9 Å². The van der Waals surface area contributed by atoms with E-state index < -0.39 is 17.7 Å². The second-order valence-corrected chi connectivity index (χ2v) is 9.38. The number of H-pyrrole nitrogens is 1. The first-order chi connectivity index (χ1) is 16.9. The van der Waals surface area contributed by atoms with Crippen LogP contribution in [-0.4, -0.2) is 54.6 Å². The number of halogens is 1. The molecule has 7 rings (SSSR count). The number of pyridine rings is 1. The van der Waals surface area contributed by atoms with Crippen molar-refractivity contribution in [3.05, 3.63) is 42.1 Å². The summed E-state index contributed by atoms with van der Waals surface area (Å²) >= 11 is 0. The highest BCUT2D eigenvalue weighted by Crippen LogP contribution is 2.46. The molecule has 4 N–H and O–H groups in total. The molecule has 3 fully saturated rings. The van der Waals surface area contributed by atoms with Gasteiger partial charge in [0.1, 0.15) is 17.0 Å². The molecule has 3 saturated carbocycles. The zero-order valence-electron chi connectivity index (χ0n) is 19.0. The molecule has 4 heterocycles. The molecule has 0 aliphatic heterocycles. The summed E-state index contributed by atoms with van der Waals surface area (Å²) in [5.74, 6) is -0.993. The first-order valence-electron chi connectivity index (χ1n) is 11.7. The Balaban J connectivity index is 1.50. The summed E-state index contributed by atoms with van der Waals surface area (Å²) in [4.78, 5) is 36.4. The number of amides is 1. The van der Waals surface area contributed by atoms with Crippen molar-refractivity contribution in [2.75, 3.05) is 12.4 Å². The van der Waals surface area contributed by atoms with Crippen LogP contribution in [0.25, 0.3) is 27.9 Å². The quantitative estimate of drug-likeness (QED) is 0.347. The number of fused-ring (bicyclic) bond motifs is 5. The van der Waals surface area contributed by atoms with Crippen LogP contribution >= 0.6 is 0 Å². The van der Waals surface area contributed by atoms with Crippen LogP contribution in [0.3, 0.4) is 0 Å². The van der Waals surface area contributed by atoms with Crippen molar-refractivity contribution in [3.63, 3.8) is 0 Å². The number of aromatic nitrogens is 5. The maximum Gasteiger partial charge on any atom is 0.308 e. The number of aliphatic carboxylic acids is 1. The highest BCUT2D eigenvalue weighted by molar-refractivity contribution is 5.97. The standard InChI is InChI=1S/C24H24FN7O3/c1-26-23(33)13-6-17-22(29-19-12-4-2-11(3-5-12)18(19)24(34)35)30-21(31-32(17)10-13)16-9-28-20-15(16)7-14(25)8-27-20/h6-12,18-19H,2-5H2,1H3,(H,26,33)(H,27,28)(H,34,35)(H,29,30,31)/t11?,12?,18-,19-/m0/s1. The minimum Gasteiger partial charge on any atom is -0.481 e. The van der Waals surface area contributed by atoms with E-state index in [1.54, 1.807) is 30.0 Å². The molecule has 1 amide bonds. The number of nitrogens with zero attached hydrogens (tertiary/aromatic N) is 4. The predicted octanol–water partition coefficient (Wildman–Crippen LogP) is 3.07. The lowest BCUT2D eigenvalue weighted by molar-refractivity contribution is -0.148. The normalized spacial score (nSPS) is 23.6. The van der Waals surface area contributed by atoms with Crippen LogP contribution in [0.5, 0.6) is 0 Å². The fourth-order valence-corrected chi connectivity index (χ4v) is 5.82. The second kappa shape index (κ2) is 8.03. The summed E-state index contributed by atoms with van der Waals surface area (Å²) in [6.07, 6.45) is 8.17. The van der Waals surface area contributed by atoms with Crippen LogP contribution in [0.15, 0.2) is 30.7 Å².